The maximum atomic E-state index is 2.61. The average molecular weight is 691 g/mol. The number of fused-ring (bicyclic) bond motifs is 2. The molecule has 0 N–H and O–H groups in total. The van der Waals surface area contributed by atoms with Crippen LogP contribution in [0.3, 0.4) is 0 Å². The first-order chi connectivity index (χ1) is 23.8. The largest absolute Gasteiger partial charge is 0.0587 e. The zero-order valence-electron chi connectivity index (χ0n) is 34.2. The fourth-order valence-electron chi connectivity index (χ4n) is 9.21. The molecular weight excluding hydrogens is 629 g/mol. The van der Waals surface area contributed by atoms with Crippen molar-refractivity contribution in [2.45, 2.75) is 133 Å². The van der Waals surface area contributed by atoms with Crippen LogP contribution in [0, 0.1) is 38.5 Å². The minimum Gasteiger partial charge on any atom is -0.0587 e. The van der Waals surface area contributed by atoms with E-state index in [0.29, 0.717) is 23.7 Å². The van der Waals surface area contributed by atoms with E-state index in [9.17, 15) is 0 Å². The molecule has 0 spiro atoms. The quantitative estimate of drug-likeness (QED) is 0.161. The molecule has 2 aliphatic rings. The number of benzene rings is 4. The van der Waals surface area contributed by atoms with E-state index in [1.165, 1.54) is 78.8 Å². The Hall–Kier alpha value is -3.42. The molecule has 51 heavy (non-hydrogen) atoms. The molecule has 0 bridgehead atoms. The molecule has 0 saturated carbocycles. The van der Waals surface area contributed by atoms with Crippen molar-refractivity contribution in [3.63, 3.8) is 0 Å². The van der Waals surface area contributed by atoms with Gasteiger partial charge in [-0.05, 0) is 106 Å². The number of hydrogen-bond acceptors (Lipinski definition) is 0. The van der Waals surface area contributed by atoms with Gasteiger partial charge in [-0.1, -0.05) is 188 Å². The average Bonchev–Trinajstić information content (AvgIpc) is 3.58. The van der Waals surface area contributed by atoms with E-state index in [1.54, 1.807) is 22.3 Å². The Balaban J connectivity index is 1.39. The van der Waals surface area contributed by atoms with Crippen LogP contribution in [0.4, 0.5) is 0 Å². The number of hydrogen-bond donors (Lipinski definition) is 0. The molecule has 0 amide bonds. The van der Waals surface area contributed by atoms with Gasteiger partial charge in [-0.25, -0.2) is 0 Å². The smallest absolute Gasteiger partial charge is 0.0397 e. The molecule has 0 aliphatic heterocycles. The van der Waals surface area contributed by atoms with E-state index in [2.05, 4.69) is 170 Å². The Kier molecular flexibility index (Phi) is 10.1. The van der Waals surface area contributed by atoms with Crippen LogP contribution in [0.1, 0.15) is 149 Å². The van der Waals surface area contributed by atoms with Crippen LogP contribution in [0.25, 0.3) is 34.4 Å². The third-order valence-electron chi connectivity index (χ3n) is 11.4. The summed E-state index contributed by atoms with van der Waals surface area (Å²) in [6.45, 7) is 32.9. The van der Waals surface area contributed by atoms with Crippen LogP contribution >= 0.6 is 0 Å². The first-order valence-corrected chi connectivity index (χ1v) is 20.9. The first kappa shape index (κ1) is 37.3. The highest BCUT2D eigenvalue weighted by Gasteiger charge is 2.37. The minimum absolute atomic E-state index is 0.108. The molecule has 6 rings (SSSR count). The van der Waals surface area contributed by atoms with E-state index in [1.807, 2.05) is 0 Å². The highest BCUT2D eigenvalue weighted by Crippen LogP contribution is 2.54. The van der Waals surface area contributed by atoms with Gasteiger partial charge < -0.3 is 0 Å². The molecular formula is C50H62Si. The number of rotatable bonds is 8. The maximum Gasteiger partial charge on any atom is 0.0397 e. The van der Waals surface area contributed by atoms with E-state index < -0.39 is 0 Å². The van der Waals surface area contributed by atoms with Crippen molar-refractivity contribution in [1.82, 2.24) is 0 Å². The summed E-state index contributed by atoms with van der Waals surface area (Å²) >= 11 is 0. The fraction of sp³-hybridized carbons (Fsp3) is 0.440. The molecule has 1 heteroatoms. The van der Waals surface area contributed by atoms with Gasteiger partial charge in [0.15, 0.2) is 0 Å². The lowest BCUT2D eigenvalue weighted by Crippen LogP contribution is -2.18. The summed E-state index contributed by atoms with van der Waals surface area (Å²) in [4.78, 5) is 0. The highest BCUT2D eigenvalue weighted by atomic mass is 28.2. The second kappa shape index (κ2) is 13.9. The zero-order valence-corrected chi connectivity index (χ0v) is 35.2. The van der Waals surface area contributed by atoms with Crippen LogP contribution in [0.2, 0.25) is 12.1 Å². The standard InChI is InChI=1S/C50H62Si/c1-29(2)37-15-17-39-41(47(37)35-21-31(5)19-32(6)22-35)25-45(49(9,10)11)43(39)27-51-28-44-40-18-16-38(30(3)4)48(36-23-33(7)20-34(8)24-36)42(40)26-46(44)50(12,13)14/h15-26,29-30,43-44H,27-28H2,1-14H3. The molecule has 0 heterocycles. The van der Waals surface area contributed by atoms with Crippen LogP contribution in [0.15, 0.2) is 71.8 Å². The van der Waals surface area contributed by atoms with Crippen LogP contribution in [0.5, 0.6) is 0 Å². The predicted octanol–water partition coefficient (Wildman–Crippen LogP) is 14.8. The van der Waals surface area contributed by atoms with Gasteiger partial charge in [0, 0.05) is 21.4 Å². The predicted molar refractivity (Wildman–Crippen MR) is 227 cm³/mol. The Morgan fingerprint density at radius 1 is 0.510 bits per heavy atom. The van der Waals surface area contributed by atoms with Gasteiger partial charge in [0.25, 0.3) is 0 Å². The van der Waals surface area contributed by atoms with Crippen LogP contribution < -0.4 is 0 Å². The molecule has 4 aromatic carbocycles. The van der Waals surface area contributed by atoms with Gasteiger partial charge in [0.1, 0.15) is 0 Å². The van der Waals surface area contributed by atoms with Crippen molar-refractivity contribution in [1.29, 1.82) is 0 Å². The molecule has 266 valence electrons. The summed E-state index contributed by atoms with van der Waals surface area (Å²) in [6, 6.07) is 26.6. The summed E-state index contributed by atoms with van der Waals surface area (Å²) in [5, 5.41) is 0. The highest BCUT2D eigenvalue weighted by molar-refractivity contribution is 6.36. The Bertz CT molecular complexity index is 1840. The van der Waals surface area contributed by atoms with Crippen molar-refractivity contribution in [2.24, 2.45) is 10.8 Å². The molecule has 0 aromatic heterocycles. The molecule has 0 saturated heterocycles. The third kappa shape index (κ3) is 7.30. The fourth-order valence-corrected chi connectivity index (χ4v) is 10.8. The van der Waals surface area contributed by atoms with Crippen molar-refractivity contribution in [2.75, 3.05) is 0 Å². The monoisotopic (exact) mass is 690 g/mol. The van der Waals surface area contributed by atoms with Gasteiger partial charge in [0.05, 0.1) is 0 Å². The Morgan fingerprint density at radius 3 is 1.14 bits per heavy atom. The number of aryl methyl sites for hydroxylation is 4. The maximum absolute atomic E-state index is 2.61. The third-order valence-corrected chi connectivity index (χ3v) is 12.8. The lowest BCUT2D eigenvalue weighted by Gasteiger charge is -2.30. The molecule has 0 nitrogen and oxygen atoms in total. The lowest BCUT2D eigenvalue weighted by atomic mass is 9.79. The normalized spacial score (nSPS) is 17.3. The summed E-state index contributed by atoms with van der Waals surface area (Å²) in [5.41, 5.74) is 23.5. The van der Waals surface area contributed by atoms with Crippen molar-refractivity contribution >= 4 is 21.7 Å². The minimum atomic E-state index is 0.108. The van der Waals surface area contributed by atoms with Gasteiger partial charge in [-0.3, -0.25) is 0 Å². The van der Waals surface area contributed by atoms with Crippen molar-refractivity contribution < 1.29 is 0 Å². The van der Waals surface area contributed by atoms with Crippen LogP contribution in [-0.2, 0) is 0 Å². The van der Waals surface area contributed by atoms with Crippen molar-refractivity contribution in [3.8, 4) is 22.3 Å². The molecule has 0 fully saturated rings. The summed E-state index contributed by atoms with van der Waals surface area (Å²) in [7, 11) is 0.876. The Morgan fingerprint density at radius 2 is 0.843 bits per heavy atom. The summed E-state index contributed by atoms with van der Waals surface area (Å²) in [6.07, 6.45) is 5.22. The second-order valence-corrected chi connectivity index (χ2v) is 19.9. The molecule has 2 aliphatic carbocycles. The van der Waals surface area contributed by atoms with Gasteiger partial charge in [-0.2, -0.15) is 0 Å². The Labute approximate surface area is 313 Å². The molecule has 4 aromatic rings. The first-order valence-electron chi connectivity index (χ1n) is 19.5. The SMILES string of the molecule is Cc1cc(C)cc(-c2c(C(C)C)ccc3c2C=C(C(C)(C)C)C3C[Si]CC2C(C(C)(C)C)=Cc3c2ccc(C(C)C)c3-c2cc(C)cc(C)c2)c1. The summed E-state index contributed by atoms with van der Waals surface area (Å²) < 4.78 is 0. The molecule has 2 atom stereocenters. The van der Waals surface area contributed by atoms with Gasteiger partial charge >= 0.3 is 0 Å². The topological polar surface area (TPSA) is 0 Å². The van der Waals surface area contributed by atoms with Gasteiger partial charge in [-0.15, -0.1) is 0 Å². The number of allylic oxidation sites excluding steroid dienone is 2. The van der Waals surface area contributed by atoms with Crippen LogP contribution in [-0.4, -0.2) is 9.52 Å². The lowest BCUT2D eigenvalue weighted by molar-refractivity contribution is 0.475. The van der Waals surface area contributed by atoms with E-state index in [-0.39, 0.29) is 10.8 Å². The summed E-state index contributed by atoms with van der Waals surface area (Å²) in [5.74, 6) is 1.85. The van der Waals surface area contributed by atoms with E-state index >= 15 is 0 Å². The van der Waals surface area contributed by atoms with Crippen molar-refractivity contribution in [3.05, 3.63) is 127 Å². The van der Waals surface area contributed by atoms with E-state index in [4.69, 9.17) is 0 Å². The molecule has 2 radical (unpaired) electrons. The molecule has 2 unspecified atom stereocenters. The van der Waals surface area contributed by atoms with E-state index in [0.717, 1.165) is 9.52 Å². The zero-order chi connectivity index (χ0) is 37.2. The second-order valence-electron chi connectivity index (χ2n) is 18.6. The van der Waals surface area contributed by atoms with Gasteiger partial charge in [0.2, 0.25) is 0 Å².